The van der Waals surface area contributed by atoms with Crippen molar-refractivity contribution in [3.8, 4) is 5.69 Å². The van der Waals surface area contributed by atoms with E-state index >= 15 is 0 Å². The van der Waals surface area contributed by atoms with Gasteiger partial charge in [0.1, 0.15) is 0 Å². The number of halogens is 2. The highest BCUT2D eigenvalue weighted by molar-refractivity contribution is 6.32. The van der Waals surface area contributed by atoms with Gasteiger partial charge in [0.05, 0.1) is 10.7 Å². The lowest BCUT2D eigenvalue weighted by Crippen LogP contribution is -2.27. The molecule has 1 aliphatic rings. The molecule has 1 amide bonds. The molecule has 29 heavy (non-hydrogen) atoms. The summed E-state index contributed by atoms with van der Waals surface area (Å²) in [7, 11) is 1.78. The average molecular weight is 436 g/mol. The van der Waals surface area contributed by atoms with Crippen LogP contribution in [0.15, 0.2) is 30.5 Å². The Labute approximate surface area is 180 Å². The van der Waals surface area contributed by atoms with Crippen LogP contribution in [0, 0.1) is 6.92 Å². The molecule has 10 heteroatoms. The minimum Gasteiger partial charge on any atom is -0.317 e. The fourth-order valence-electron chi connectivity index (χ4n) is 3.37. The highest BCUT2D eigenvalue weighted by atomic mass is 35.5. The number of para-hydroxylation sites is 1. The molecule has 0 bridgehead atoms. The van der Waals surface area contributed by atoms with Crippen LogP contribution in [0.3, 0.4) is 0 Å². The van der Waals surface area contributed by atoms with Gasteiger partial charge in [-0.2, -0.15) is 15.2 Å². The first-order chi connectivity index (χ1) is 13.5. The lowest BCUT2D eigenvalue weighted by Gasteiger charge is -2.19. The highest BCUT2D eigenvalue weighted by Crippen LogP contribution is 2.24. The Kier molecular flexibility index (Phi) is 6.56. The molecule has 2 aromatic heterocycles. The molecule has 3 heterocycles. The summed E-state index contributed by atoms with van der Waals surface area (Å²) in [5.74, 6) is 1.19. The number of carbonyl (C=O) groups excluding carboxylic acids is 1. The molecule has 1 aliphatic heterocycles. The number of nitrogens with one attached hydrogen (secondary N) is 2. The van der Waals surface area contributed by atoms with Gasteiger partial charge in [-0.25, -0.2) is 9.36 Å². The minimum absolute atomic E-state index is 0. The summed E-state index contributed by atoms with van der Waals surface area (Å²) in [5, 5.41) is 15.6. The van der Waals surface area contributed by atoms with Gasteiger partial charge >= 0.3 is 0 Å². The SMILES string of the molecule is Cc1cn(-c2ccccc2Cl)nc1C(=O)Nc1nc(C2CCNCC2)nn1C.Cl. The third-order valence-corrected chi connectivity index (χ3v) is 5.24. The fraction of sp³-hybridized carbons (Fsp3) is 0.368. The van der Waals surface area contributed by atoms with Crippen LogP contribution in [0.5, 0.6) is 0 Å². The quantitative estimate of drug-likeness (QED) is 0.656. The third kappa shape index (κ3) is 4.44. The van der Waals surface area contributed by atoms with Crippen molar-refractivity contribution in [2.45, 2.75) is 25.7 Å². The van der Waals surface area contributed by atoms with Gasteiger partial charge in [-0.3, -0.25) is 10.1 Å². The number of aryl methyl sites for hydroxylation is 2. The Morgan fingerprint density at radius 2 is 1.97 bits per heavy atom. The van der Waals surface area contributed by atoms with Crippen molar-refractivity contribution in [3.05, 3.63) is 52.6 Å². The predicted molar refractivity (Wildman–Crippen MR) is 114 cm³/mol. The van der Waals surface area contributed by atoms with E-state index in [4.69, 9.17) is 11.6 Å². The second-order valence-electron chi connectivity index (χ2n) is 6.95. The zero-order valence-electron chi connectivity index (χ0n) is 16.2. The van der Waals surface area contributed by atoms with Crippen molar-refractivity contribution < 1.29 is 4.79 Å². The van der Waals surface area contributed by atoms with Crippen molar-refractivity contribution in [3.63, 3.8) is 0 Å². The standard InChI is InChI=1S/C19H22ClN7O.ClH/c1-12-11-27(15-6-4-3-5-14(15)20)24-16(12)18(28)23-19-22-17(25-26(19)2)13-7-9-21-10-8-13;/h3-6,11,13,21H,7-10H2,1-2H3,(H,22,23,25,28);1H. The first-order valence-corrected chi connectivity index (χ1v) is 9.65. The van der Waals surface area contributed by atoms with Gasteiger partial charge in [-0.15, -0.1) is 12.4 Å². The van der Waals surface area contributed by atoms with Gasteiger partial charge in [-0.05, 0) is 45.0 Å². The van der Waals surface area contributed by atoms with Crippen LogP contribution < -0.4 is 10.6 Å². The lowest BCUT2D eigenvalue weighted by molar-refractivity contribution is 0.102. The maximum Gasteiger partial charge on any atom is 0.278 e. The molecule has 154 valence electrons. The molecule has 0 spiro atoms. The summed E-state index contributed by atoms with van der Waals surface area (Å²) in [6.07, 6.45) is 3.78. The third-order valence-electron chi connectivity index (χ3n) is 4.92. The number of hydrogen-bond acceptors (Lipinski definition) is 5. The van der Waals surface area contributed by atoms with E-state index in [-0.39, 0.29) is 18.3 Å². The van der Waals surface area contributed by atoms with Gasteiger partial charge in [0.15, 0.2) is 11.5 Å². The largest absolute Gasteiger partial charge is 0.317 e. The summed E-state index contributed by atoms with van der Waals surface area (Å²) in [4.78, 5) is 17.3. The van der Waals surface area contributed by atoms with E-state index in [2.05, 4.69) is 25.8 Å². The highest BCUT2D eigenvalue weighted by Gasteiger charge is 2.23. The molecule has 0 atom stereocenters. The summed E-state index contributed by atoms with van der Waals surface area (Å²) in [5.41, 5.74) is 1.79. The van der Waals surface area contributed by atoms with Gasteiger partial charge in [0.25, 0.3) is 5.91 Å². The van der Waals surface area contributed by atoms with Crippen LogP contribution in [0.25, 0.3) is 5.69 Å². The van der Waals surface area contributed by atoms with Gasteiger partial charge in [0, 0.05) is 24.7 Å². The molecule has 0 saturated carbocycles. The van der Waals surface area contributed by atoms with Crippen LogP contribution >= 0.6 is 24.0 Å². The molecular formula is C19H23Cl2N7O. The summed E-state index contributed by atoms with van der Waals surface area (Å²) in [6, 6.07) is 7.36. The van der Waals surface area contributed by atoms with Crippen LogP contribution in [-0.4, -0.2) is 43.5 Å². The van der Waals surface area contributed by atoms with E-state index in [1.165, 1.54) is 0 Å². The smallest absolute Gasteiger partial charge is 0.278 e. The number of benzene rings is 1. The van der Waals surface area contributed by atoms with Crippen molar-refractivity contribution in [2.24, 2.45) is 7.05 Å². The summed E-state index contributed by atoms with van der Waals surface area (Å²) < 4.78 is 3.22. The first-order valence-electron chi connectivity index (χ1n) is 9.27. The van der Waals surface area contributed by atoms with Crippen LogP contribution in [0.1, 0.15) is 40.6 Å². The van der Waals surface area contributed by atoms with Crippen LogP contribution in [-0.2, 0) is 7.05 Å². The number of carbonyl (C=O) groups is 1. The topological polar surface area (TPSA) is 89.7 Å². The van der Waals surface area contributed by atoms with E-state index < -0.39 is 0 Å². The number of aromatic nitrogens is 5. The van der Waals surface area contributed by atoms with Crippen molar-refractivity contribution in [2.75, 3.05) is 18.4 Å². The van der Waals surface area contributed by atoms with Crippen LogP contribution in [0.4, 0.5) is 5.95 Å². The summed E-state index contributed by atoms with van der Waals surface area (Å²) >= 11 is 6.24. The van der Waals surface area contributed by atoms with Crippen LogP contribution in [0.2, 0.25) is 5.02 Å². The molecule has 3 aromatic rings. The van der Waals surface area contributed by atoms with Gasteiger partial charge in [-0.1, -0.05) is 23.7 Å². The molecular weight excluding hydrogens is 413 g/mol. The molecule has 8 nitrogen and oxygen atoms in total. The maximum absolute atomic E-state index is 12.8. The Balaban J connectivity index is 0.00000240. The zero-order chi connectivity index (χ0) is 19.7. The van der Waals surface area contributed by atoms with E-state index in [1.807, 2.05) is 25.1 Å². The number of piperidine rings is 1. The van der Waals surface area contributed by atoms with Crippen molar-refractivity contribution in [1.29, 1.82) is 0 Å². The molecule has 0 aliphatic carbocycles. The Hall–Kier alpha value is -2.42. The van der Waals surface area contributed by atoms with E-state index in [0.717, 1.165) is 43.0 Å². The molecule has 1 aromatic carbocycles. The molecule has 0 radical (unpaired) electrons. The second kappa shape index (κ2) is 8.94. The fourth-order valence-corrected chi connectivity index (χ4v) is 3.59. The van der Waals surface area contributed by atoms with Crippen molar-refractivity contribution >= 4 is 35.9 Å². The predicted octanol–water partition coefficient (Wildman–Crippen LogP) is 3.10. The number of rotatable bonds is 4. The van der Waals surface area contributed by atoms with Crippen molar-refractivity contribution in [1.82, 2.24) is 29.9 Å². The zero-order valence-corrected chi connectivity index (χ0v) is 17.8. The molecule has 0 unspecified atom stereocenters. The van der Waals surface area contributed by atoms with Gasteiger partial charge < -0.3 is 5.32 Å². The van der Waals surface area contributed by atoms with E-state index in [1.54, 1.807) is 28.7 Å². The summed E-state index contributed by atoms with van der Waals surface area (Å²) in [6.45, 7) is 3.76. The van der Waals surface area contributed by atoms with E-state index in [9.17, 15) is 4.79 Å². The monoisotopic (exact) mass is 435 g/mol. The first kappa shape index (κ1) is 21.3. The Morgan fingerprint density at radius 3 is 2.69 bits per heavy atom. The average Bonchev–Trinajstić information content (AvgIpc) is 3.26. The normalized spacial score (nSPS) is 14.4. The number of hydrogen-bond donors (Lipinski definition) is 2. The Morgan fingerprint density at radius 1 is 1.24 bits per heavy atom. The molecule has 2 N–H and O–H groups in total. The minimum atomic E-state index is -0.323. The number of amides is 1. The van der Waals surface area contributed by atoms with Gasteiger partial charge in [0.2, 0.25) is 5.95 Å². The molecule has 1 fully saturated rings. The molecule has 4 rings (SSSR count). The number of anilines is 1. The lowest BCUT2D eigenvalue weighted by atomic mass is 9.98. The Bertz CT molecular complexity index is 1010. The molecule has 1 saturated heterocycles. The maximum atomic E-state index is 12.8. The van der Waals surface area contributed by atoms with E-state index in [0.29, 0.717) is 22.6 Å². The number of nitrogens with zero attached hydrogens (tertiary/aromatic N) is 5. The second-order valence-corrected chi connectivity index (χ2v) is 7.36.